The van der Waals surface area contributed by atoms with E-state index >= 15 is 0 Å². The Labute approximate surface area is 237 Å². The highest BCUT2D eigenvalue weighted by Crippen LogP contribution is 2.30. The summed E-state index contributed by atoms with van der Waals surface area (Å²) >= 11 is 0. The Morgan fingerprint density at radius 1 is 0.875 bits per heavy atom. The van der Waals surface area contributed by atoms with Crippen molar-refractivity contribution < 1.29 is 22.7 Å². The molecule has 1 aliphatic rings. The van der Waals surface area contributed by atoms with E-state index in [1.165, 1.54) is 30.7 Å². The maximum Gasteiger partial charge on any atom is 0.243 e. The molecule has 0 bridgehead atoms. The number of benzene rings is 3. The van der Waals surface area contributed by atoms with Crippen LogP contribution in [0.2, 0.25) is 0 Å². The van der Waals surface area contributed by atoms with Crippen molar-refractivity contribution in [3.05, 3.63) is 96.1 Å². The summed E-state index contributed by atoms with van der Waals surface area (Å²) < 4.78 is 39.4. The lowest BCUT2D eigenvalue weighted by Crippen LogP contribution is -2.51. The predicted octanol–water partition coefficient (Wildman–Crippen LogP) is 3.79. The number of carbonyl (C=O) groups is 1. The van der Waals surface area contributed by atoms with Crippen LogP contribution in [-0.2, 0) is 21.2 Å². The van der Waals surface area contributed by atoms with Gasteiger partial charge in [-0.25, -0.2) is 8.42 Å². The minimum absolute atomic E-state index is 0.0565. The largest absolute Gasteiger partial charge is 0.493 e. The van der Waals surface area contributed by atoms with Crippen LogP contribution < -0.4 is 9.47 Å². The molecule has 40 heavy (non-hydrogen) atoms. The number of ether oxygens (including phenoxy) is 2. The fourth-order valence-electron chi connectivity index (χ4n) is 4.64. The third-order valence-electron chi connectivity index (χ3n) is 7.00. The topological polar surface area (TPSA) is 79.4 Å². The molecule has 0 saturated carbocycles. The molecule has 3 aromatic rings. The molecule has 0 N–H and O–H groups in total. The number of nitrogens with zero attached hydrogens (tertiary/aromatic N) is 3. The van der Waals surface area contributed by atoms with Crippen LogP contribution in [0, 0.1) is 0 Å². The van der Waals surface area contributed by atoms with E-state index in [0.29, 0.717) is 31.0 Å². The van der Waals surface area contributed by atoms with E-state index in [9.17, 15) is 13.2 Å². The summed E-state index contributed by atoms with van der Waals surface area (Å²) in [4.78, 5) is 17.5. The smallest absolute Gasteiger partial charge is 0.243 e. The standard InChI is InChI=1S/C31H37N3O5S/c1-38-29-16-15-28(24-30(29)39-2)40(36,37)34(19-17-27-12-7-4-8-13-27)25-31(35)33-22-20-32(21-23-33)18-9-14-26-10-5-3-6-11-26/h3-16,24H,17-23,25H2,1-2H3/b14-9+. The quantitative estimate of drug-likeness (QED) is 0.334. The molecule has 1 fully saturated rings. The Morgan fingerprint density at radius 3 is 2.17 bits per heavy atom. The Kier molecular flexibility index (Phi) is 10.3. The highest BCUT2D eigenvalue weighted by atomic mass is 32.2. The summed E-state index contributed by atoms with van der Waals surface area (Å²) in [6.07, 6.45) is 4.72. The molecule has 0 unspecified atom stereocenters. The fraction of sp³-hybridized carbons (Fsp3) is 0.323. The van der Waals surface area contributed by atoms with Gasteiger partial charge in [0.25, 0.3) is 0 Å². The summed E-state index contributed by atoms with van der Waals surface area (Å²) in [6, 6.07) is 24.3. The lowest BCUT2D eigenvalue weighted by molar-refractivity contribution is -0.133. The second-order valence-corrected chi connectivity index (χ2v) is 11.5. The summed E-state index contributed by atoms with van der Waals surface area (Å²) in [6.45, 7) is 3.33. The normalized spacial score (nSPS) is 14.5. The van der Waals surface area contributed by atoms with Gasteiger partial charge in [0.15, 0.2) is 11.5 Å². The monoisotopic (exact) mass is 563 g/mol. The highest BCUT2D eigenvalue weighted by molar-refractivity contribution is 7.89. The number of carbonyl (C=O) groups excluding carboxylic acids is 1. The molecular formula is C31H37N3O5S. The molecule has 0 aromatic heterocycles. The average molecular weight is 564 g/mol. The van der Waals surface area contributed by atoms with E-state index < -0.39 is 10.0 Å². The molecule has 9 heteroatoms. The Bertz CT molecular complexity index is 1370. The van der Waals surface area contributed by atoms with Gasteiger partial charge in [-0.05, 0) is 29.7 Å². The molecule has 0 aliphatic carbocycles. The zero-order valence-corrected chi connectivity index (χ0v) is 23.9. The van der Waals surface area contributed by atoms with Gasteiger partial charge in [0.1, 0.15) is 0 Å². The number of methoxy groups -OCH3 is 2. The first-order valence-corrected chi connectivity index (χ1v) is 14.8. The SMILES string of the molecule is COc1ccc(S(=O)(=O)N(CCc2ccccc2)CC(=O)N2CCN(C/C=C/c3ccccc3)CC2)cc1OC. The zero-order valence-electron chi connectivity index (χ0n) is 23.1. The van der Waals surface area contributed by atoms with Crippen LogP contribution in [0.25, 0.3) is 6.08 Å². The van der Waals surface area contributed by atoms with Gasteiger partial charge in [0, 0.05) is 45.3 Å². The molecule has 1 saturated heterocycles. The highest BCUT2D eigenvalue weighted by Gasteiger charge is 2.30. The number of hydrogen-bond acceptors (Lipinski definition) is 6. The van der Waals surface area contributed by atoms with Crippen LogP contribution in [-0.4, -0.2) is 88.5 Å². The first kappa shape index (κ1) is 29.3. The molecule has 4 rings (SSSR count). The van der Waals surface area contributed by atoms with Gasteiger partial charge in [-0.3, -0.25) is 9.69 Å². The maximum absolute atomic E-state index is 13.8. The van der Waals surface area contributed by atoms with E-state index in [-0.39, 0.29) is 23.9 Å². The maximum atomic E-state index is 13.8. The molecule has 212 valence electrons. The lowest BCUT2D eigenvalue weighted by atomic mass is 10.1. The first-order chi connectivity index (χ1) is 19.4. The number of hydrogen-bond donors (Lipinski definition) is 0. The van der Waals surface area contributed by atoms with Crippen LogP contribution in [0.4, 0.5) is 0 Å². The zero-order chi connectivity index (χ0) is 28.4. The van der Waals surface area contributed by atoms with Crippen molar-refractivity contribution in [3.8, 4) is 11.5 Å². The van der Waals surface area contributed by atoms with Crippen LogP contribution in [0.5, 0.6) is 11.5 Å². The minimum atomic E-state index is -3.98. The van der Waals surface area contributed by atoms with Crippen molar-refractivity contribution in [2.75, 3.05) is 60.0 Å². The van der Waals surface area contributed by atoms with Gasteiger partial charge in [-0.1, -0.05) is 72.8 Å². The fourth-order valence-corrected chi connectivity index (χ4v) is 6.05. The summed E-state index contributed by atoms with van der Waals surface area (Å²) in [5.74, 6) is 0.553. The van der Waals surface area contributed by atoms with Crippen molar-refractivity contribution in [1.29, 1.82) is 0 Å². The van der Waals surface area contributed by atoms with Crippen LogP contribution in [0.15, 0.2) is 89.8 Å². The Balaban J connectivity index is 1.42. The van der Waals surface area contributed by atoms with E-state index in [1.54, 1.807) is 11.0 Å². The van der Waals surface area contributed by atoms with Crippen molar-refractivity contribution in [3.63, 3.8) is 0 Å². The molecule has 8 nitrogen and oxygen atoms in total. The molecule has 1 heterocycles. The Hall–Kier alpha value is -3.66. The third kappa shape index (κ3) is 7.71. The molecule has 1 amide bonds. The average Bonchev–Trinajstić information content (AvgIpc) is 3.00. The van der Waals surface area contributed by atoms with Gasteiger partial charge in [-0.2, -0.15) is 4.31 Å². The summed E-state index contributed by atoms with van der Waals surface area (Å²) in [5.41, 5.74) is 2.15. The molecular weight excluding hydrogens is 526 g/mol. The van der Waals surface area contributed by atoms with Crippen molar-refractivity contribution in [2.24, 2.45) is 0 Å². The number of sulfonamides is 1. The Morgan fingerprint density at radius 2 is 1.52 bits per heavy atom. The van der Waals surface area contributed by atoms with Crippen molar-refractivity contribution in [1.82, 2.24) is 14.1 Å². The summed E-state index contributed by atoms with van der Waals surface area (Å²) in [7, 11) is -1.02. The summed E-state index contributed by atoms with van der Waals surface area (Å²) in [5, 5.41) is 0. The van der Waals surface area contributed by atoms with Crippen molar-refractivity contribution >= 4 is 22.0 Å². The second kappa shape index (κ2) is 14.1. The van der Waals surface area contributed by atoms with E-state index in [2.05, 4.69) is 29.2 Å². The van der Waals surface area contributed by atoms with Crippen molar-refractivity contribution in [2.45, 2.75) is 11.3 Å². The van der Waals surface area contributed by atoms with E-state index in [4.69, 9.17) is 9.47 Å². The van der Waals surface area contributed by atoms with E-state index in [0.717, 1.165) is 30.8 Å². The van der Waals surface area contributed by atoms with Gasteiger partial charge in [0.2, 0.25) is 15.9 Å². The molecule has 1 aliphatic heterocycles. The minimum Gasteiger partial charge on any atom is -0.493 e. The number of piperazine rings is 1. The van der Waals surface area contributed by atoms with Gasteiger partial charge < -0.3 is 14.4 Å². The molecule has 0 atom stereocenters. The van der Waals surface area contributed by atoms with Crippen LogP contribution >= 0.6 is 0 Å². The molecule has 0 spiro atoms. The predicted molar refractivity (Wildman–Crippen MR) is 157 cm³/mol. The lowest BCUT2D eigenvalue weighted by Gasteiger charge is -2.35. The first-order valence-electron chi connectivity index (χ1n) is 13.4. The second-order valence-electron chi connectivity index (χ2n) is 9.59. The third-order valence-corrected chi connectivity index (χ3v) is 8.84. The van der Waals surface area contributed by atoms with Gasteiger partial charge in [-0.15, -0.1) is 0 Å². The van der Waals surface area contributed by atoms with E-state index in [1.807, 2.05) is 48.5 Å². The van der Waals surface area contributed by atoms with Crippen LogP contribution in [0.1, 0.15) is 11.1 Å². The van der Waals surface area contributed by atoms with Crippen LogP contribution in [0.3, 0.4) is 0 Å². The van der Waals surface area contributed by atoms with Gasteiger partial charge in [0.05, 0.1) is 25.7 Å². The number of rotatable bonds is 12. The number of amides is 1. The molecule has 3 aromatic carbocycles. The van der Waals surface area contributed by atoms with Gasteiger partial charge >= 0.3 is 0 Å². The molecule has 0 radical (unpaired) electrons.